The number of morpholine rings is 1. The quantitative estimate of drug-likeness (QED) is 0.843. The van der Waals surface area contributed by atoms with Crippen molar-refractivity contribution in [3.63, 3.8) is 0 Å². The second-order valence-corrected chi connectivity index (χ2v) is 4.67. The first-order valence-corrected chi connectivity index (χ1v) is 6.47. The van der Waals surface area contributed by atoms with Gasteiger partial charge in [0.1, 0.15) is 6.04 Å². The molecule has 2 rings (SSSR count). The summed E-state index contributed by atoms with van der Waals surface area (Å²) in [6, 6.07) is 7.34. The number of aliphatic hydroxyl groups is 1. The second-order valence-electron chi connectivity index (χ2n) is 4.67. The number of nitrogens with one attached hydrogen (secondary N) is 1. The molecule has 2 N–H and O–H groups in total. The number of nitrogens with zero attached hydrogens (tertiary/aromatic N) is 1. The lowest BCUT2D eigenvalue weighted by molar-refractivity contribution is -0.124. The van der Waals surface area contributed by atoms with Crippen molar-refractivity contribution in [1.82, 2.24) is 5.32 Å². The monoisotopic (exact) mass is 264 g/mol. The van der Waals surface area contributed by atoms with Gasteiger partial charge in [0.05, 0.1) is 19.3 Å². The summed E-state index contributed by atoms with van der Waals surface area (Å²) in [7, 11) is 1.63. The van der Waals surface area contributed by atoms with Crippen LogP contribution < -0.4 is 10.2 Å². The van der Waals surface area contributed by atoms with E-state index in [1.165, 1.54) is 0 Å². The normalized spacial score (nSPS) is 21.0. The van der Waals surface area contributed by atoms with Crippen molar-refractivity contribution in [2.75, 3.05) is 31.7 Å². The first-order valence-electron chi connectivity index (χ1n) is 6.47. The molecule has 2 unspecified atom stereocenters. The summed E-state index contributed by atoms with van der Waals surface area (Å²) in [6.07, 6.45) is -0.478. The van der Waals surface area contributed by atoms with Crippen LogP contribution in [0.5, 0.6) is 0 Å². The minimum absolute atomic E-state index is 0.0423. The third-order valence-corrected chi connectivity index (χ3v) is 3.38. The van der Waals surface area contributed by atoms with Crippen molar-refractivity contribution >= 4 is 11.6 Å². The molecule has 1 amide bonds. The molecule has 0 radical (unpaired) electrons. The average molecular weight is 264 g/mol. The molecule has 0 bridgehead atoms. The smallest absolute Gasteiger partial charge is 0.244 e. The summed E-state index contributed by atoms with van der Waals surface area (Å²) in [6.45, 7) is 3.44. The molecule has 1 saturated heterocycles. The fourth-order valence-electron chi connectivity index (χ4n) is 2.24. The van der Waals surface area contributed by atoms with E-state index in [9.17, 15) is 9.90 Å². The fraction of sp³-hybridized carbons (Fsp3) is 0.500. The number of benzene rings is 1. The summed E-state index contributed by atoms with van der Waals surface area (Å²) in [5.41, 5.74) is 1.84. The van der Waals surface area contributed by atoms with Gasteiger partial charge in [-0.2, -0.15) is 0 Å². The number of amides is 1. The highest BCUT2D eigenvalue weighted by Gasteiger charge is 2.28. The Morgan fingerprint density at radius 1 is 1.47 bits per heavy atom. The molecule has 0 spiro atoms. The Kier molecular flexibility index (Phi) is 4.39. The van der Waals surface area contributed by atoms with E-state index < -0.39 is 6.10 Å². The van der Waals surface area contributed by atoms with Gasteiger partial charge in [-0.05, 0) is 24.6 Å². The van der Waals surface area contributed by atoms with E-state index in [1.807, 2.05) is 29.2 Å². The van der Waals surface area contributed by atoms with E-state index >= 15 is 0 Å². The predicted octanol–water partition coefficient (Wildman–Crippen LogP) is 0.691. The van der Waals surface area contributed by atoms with Crippen LogP contribution in [0.1, 0.15) is 18.6 Å². The predicted molar refractivity (Wildman–Crippen MR) is 73.1 cm³/mol. The number of hydrogen-bond acceptors (Lipinski definition) is 4. The summed E-state index contributed by atoms with van der Waals surface area (Å²) in [5, 5.41) is 12.2. The molecular formula is C14H20N2O3. The van der Waals surface area contributed by atoms with Crippen molar-refractivity contribution in [1.29, 1.82) is 0 Å². The van der Waals surface area contributed by atoms with E-state index in [2.05, 4.69) is 5.32 Å². The topological polar surface area (TPSA) is 61.8 Å². The third-order valence-electron chi connectivity index (χ3n) is 3.38. The van der Waals surface area contributed by atoms with E-state index in [-0.39, 0.29) is 11.9 Å². The molecule has 5 heteroatoms. The lowest BCUT2D eigenvalue weighted by Crippen LogP contribution is -2.53. The van der Waals surface area contributed by atoms with Crippen molar-refractivity contribution in [3.8, 4) is 0 Å². The van der Waals surface area contributed by atoms with Crippen LogP contribution in [-0.4, -0.2) is 43.9 Å². The number of anilines is 1. The van der Waals surface area contributed by atoms with Crippen molar-refractivity contribution in [2.24, 2.45) is 0 Å². The second kappa shape index (κ2) is 6.04. The molecule has 2 atom stereocenters. The van der Waals surface area contributed by atoms with Crippen LogP contribution in [0.4, 0.5) is 5.69 Å². The molecule has 1 aliphatic rings. The Bertz CT molecular complexity index is 431. The highest BCUT2D eigenvalue weighted by Crippen LogP contribution is 2.22. The number of carbonyl (C=O) groups is 1. The van der Waals surface area contributed by atoms with Crippen molar-refractivity contribution in [3.05, 3.63) is 29.8 Å². The van der Waals surface area contributed by atoms with Gasteiger partial charge >= 0.3 is 0 Å². The van der Waals surface area contributed by atoms with Crippen LogP contribution in [-0.2, 0) is 9.53 Å². The molecule has 0 saturated carbocycles. The molecule has 1 heterocycles. The highest BCUT2D eigenvalue weighted by atomic mass is 16.5. The van der Waals surface area contributed by atoms with E-state index in [4.69, 9.17) is 4.74 Å². The van der Waals surface area contributed by atoms with Gasteiger partial charge in [-0.15, -0.1) is 0 Å². The molecule has 1 aromatic carbocycles. The molecule has 104 valence electrons. The van der Waals surface area contributed by atoms with Crippen LogP contribution >= 0.6 is 0 Å². The summed E-state index contributed by atoms with van der Waals surface area (Å²) < 4.78 is 5.38. The van der Waals surface area contributed by atoms with Gasteiger partial charge < -0.3 is 20.1 Å². The van der Waals surface area contributed by atoms with Crippen molar-refractivity contribution < 1.29 is 14.6 Å². The number of hydrogen-bond donors (Lipinski definition) is 2. The van der Waals surface area contributed by atoms with Crippen molar-refractivity contribution in [2.45, 2.75) is 19.1 Å². The van der Waals surface area contributed by atoms with Crippen LogP contribution in [0.25, 0.3) is 0 Å². The Labute approximate surface area is 113 Å². The first kappa shape index (κ1) is 13.8. The summed E-state index contributed by atoms with van der Waals surface area (Å²) in [4.78, 5) is 13.9. The molecule has 0 aliphatic carbocycles. The molecule has 5 nitrogen and oxygen atoms in total. The van der Waals surface area contributed by atoms with E-state index in [0.29, 0.717) is 19.8 Å². The minimum atomic E-state index is -0.478. The van der Waals surface area contributed by atoms with Gasteiger partial charge in [-0.25, -0.2) is 0 Å². The maximum atomic E-state index is 11.9. The van der Waals surface area contributed by atoms with Gasteiger partial charge in [0, 0.05) is 19.3 Å². The molecule has 1 fully saturated rings. The zero-order valence-electron chi connectivity index (χ0n) is 11.3. The van der Waals surface area contributed by atoms with E-state index in [0.717, 1.165) is 11.3 Å². The molecule has 1 aliphatic heterocycles. The van der Waals surface area contributed by atoms with Gasteiger partial charge in [-0.1, -0.05) is 12.1 Å². The van der Waals surface area contributed by atoms with Gasteiger partial charge in [-0.3, -0.25) is 4.79 Å². The number of aliphatic hydroxyl groups excluding tert-OH is 1. The molecule has 0 aromatic heterocycles. The average Bonchev–Trinajstić information content (AvgIpc) is 2.46. The molecule has 19 heavy (non-hydrogen) atoms. The highest BCUT2D eigenvalue weighted by molar-refractivity contribution is 5.85. The Hall–Kier alpha value is -1.59. The lowest BCUT2D eigenvalue weighted by atomic mass is 10.1. The minimum Gasteiger partial charge on any atom is -0.389 e. The molecule has 1 aromatic rings. The Morgan fingerprint density at radius 3 is 2.74 bits per heavy atom. The fourth-order valence-corrected chi connectivity index (χ4v) is 2.24. The summed E-state index contributed by atoms with van der Waals surface area (Å²) >= 11 is 0. The molecular weight excluding hydrogens is 244 g/mol. The van der Waals surface area contributed by atoms with Gasteiger partial charge in [0.15, 0.2) is 0 Å². The van der Waals surface area contributed by atoms with Gasteiger partial charge in [0.2, 0.25) is 5.91 Å². The Balaban J connectivity index is 2.19. The van der Waals surface area contributed by atoms with Crippen LogP contribution in [0, 0.1) is 0 Å². The number of carbonyl (C=O) groups excluding carboxylic acids is 1. The number of rotatable bonds is 3. The maximum absolute atomic E-state index is 11.9. The standard InChI is InChI=1S/C14H20N2O3/c1-10(17)11-3-5-12(6-4-11)16-7-8-19-9-13(16)14(18)15-2/h3-6,10,13,17H,7-9H2,1-2H3,(H,15,18). The number of likely N-dealkylation sites (N-methyl/N-ethyl adjacent to an activating group) is 1. The first-order chi connectivity index (χ1) is 9.13. The van der Waals surface area contributed by atoms with Crippen LogP contribution in [0.2, 0.25) is 0 Å². The van der Waals surface area contributed by atoms with Crippen LogP contribution in [0.3, 0.4) is 0 Å². The lowest BCUT2D eigenvalue weighted by Gasteiger charge is -2.36. The van der Waals surface area contributed by atoms with E-state index in [1.54, 1.807) is 14.0 Å². The largest absolute Gasteiger partial charge is 0.389 e. The third kappa shape index (κ3) is 3.05. The maximum Gasteiger partial charge on any atom is 0.244 e. The zero-order valence-corrected chi connectivity index (χ0v) is 11.3. The number of ether oxygens (including phenoxy) is 1. The SMILES string of the molecule is CNC(=O)C1COCCN1c1ccc(C(C)O)cc1. The van der Waals surface area contributed by atoms with Crippen LogP contribution in [0.15, 0.2) is 24.3 Å². The zero-order chi connectivity index (χ0) is 13.8. The van der Waals surface area contributed by atoms with Gasteiger partial charge in [0.25, 0.3) is 0 Å². The Morgan fingerprint density at radius 2 is 2.16 bits per heavy atom. The summed E-state index contributed by atoms with van der Waals surface area (Å²) in [5.74, 6) is -0.0423.